The van der Waals surface area contributed by atoms with Gasteiger partial charge in [-0.25, -0.2) is 0 Å². The zero-order chi connectivity index (χ0) is 8.21. The van der Waals surface area contributed by atoms with Gasteiger partial charge in [-0.3, -0.25) is 0 Å². The summed E-state index contributed by atoms with van der Waals surface area (Å²) in [6.45, 7) is 7.65. The van der Waals surface area contributed by atoms with E-state index in [0.717, 1.165) is 0 Å². The standard InChI is InChI=1S/C8H13NO/c1-6(2)7(3,4)8(6,10)5-9/h10H,1-4H3. The van der Waals surface area contributed by atoms with Gasteiger partial charge in [-0.2, -0.15) is 5.26 Å². The van der Waals surface area contributed by atoms with E-state index in [2.05, 4.69) is 0 Å². The Morgan fingerprint density at radius 3 is 1.40 bits per heavy atom. The number of hydrogen-bond donors (Lipinski definition) is 1. The van der Waals surface area contributed by atoms with Crippen LogP contribution in [0.15, 0.2) is 0 Å². The van der Waals surface area contributed by atoms with Crippen LogP contribution in [0.1, 0.15) is 27.7 Å². The molecule has 1 rings (SSSR count). The molecule has 0 aromatic rings. The average molecular weight is 139 g/mol. The van der Waals surface area contributed by atoms with Crippen molar-refractivity contribution in [3.05, 3.63) is 0 Å². The molecule has 2 nitrogen and oxygen atoms in total. The number of nitrogens with zero attached hydrogens (tertiary/aromatic N) is 1. The minimum atomic E-state index is -1.11. The van der Waals surface area contributed by atoms with Gasteiger partial charge < -0.3 is 5.11 Å². The van der Waals surface area contributed by atoms with Crippen LogP contribution in [0.4, 0.5) is 0 Å². The molecule has 0 amide bonds. The summed E-state index contributed by atoms with van der Waals surface area (Å²) in [5.74, 6) is 0. The Hall–Kier alpha value is -0.550. The average Bonchev–Trinajstić information content (AvgIpc) is 2.11. The molecule has 0 heterocycles. The Balaban J connectivity index is 3.04. The van der Waals surface area contributed by atoms with Gasteiger partial charge in [0.15, 0.2) is 5.60 Å². The van der Waals surface area contributed by atoms with Gasteiger partial charge in [-0.15, -0.1) is 0 Å². The monoisotopic (exact) mass is 139 g/mol. The third kappa shape index (κ3) is 0.411. The van der Waals surface area contributed by atoms with Crippen LogP contribution < -0.4 is 0 Å². The third-order valence-corrected chi connectivity index (χ3v) is 3.47. The van der Waals surface area contributed by atoms with Crippen molar-refractivity contribution >= 4 is 0 Å². The highest BCUT2D eigenvalue weighted by Crippen LogP contribution is 2.70. The number of hydrogen-bond acceptors (Lipinski definition) is 2. The second-order valence-electron chi connectivity index (χ2n) is 4.07. The molecule has 0 aliphatic heterocycles. The molecule has 0 saturated heterocycles. The summed E-state index contributed by atoms with van der Waals surface area (Å²) in [4.78, 5) is 0. The van der Waals surface area contributed by atoms with Crippen molar-refractivity contribution in [3.63, 3.8) is 0 Å². The normalized spacial score (nSPS) is 30.8. The highest BCUT2D eigenvalue weighted by molar-refractivity contribution is 5.35. The first-order chi connectivity index (χ1) is 4.31. The van der Waals surface area contributed by atoms with Crippen molar-refractivity contribution in [1.29, 1.82) is 5.26 Å². The second kappa shape index (κ2) is 1.38. The van der Waals surface area contributed by atoms with Crippen molar-refractivity contribution in [2.24, 2.45) is 10.8 Å². The quantitative estimate of drug-likeness (QED) is 0.514. The fraction of sp³-hybridized carbons (Fsp3) is 0.875. The fourth-order valence-electron chi connectivity index (χ4n) is 1.56. The van der Waals surface area contributed by atoms with E-state index in [1.807, 2.05) is 33.8 Å². The molecule has 1 aliphatic rings. The summed E-state index contributed by atoms with van der Waals surface area (Å²) in [5, 5.41) is 18.3. The van der Waals surface area contributed by atoms with Crippen LogP contribution in [0.3, 0.4) is 0 Å². The molecule has 0 atom stereocenters. The van der Waals surface area contributed by atoms with E-state index in [0.29, 0.717) is 0 Å². The van der Waals surface area contributed by atoms with Crippen molar-refractivity contribution in [1.82, 2.24) is 0 Å². The molecule has 10 heavy (non-hydrogen) atoms. The van der Waals surface area contributed by atoms with Crippen molar-refractivity contribution in [2.45, 2.75) is 33.3 Å². The van der Waals surface area contributed by atoms with Crippen molar-refractivity contribution in [3.8, 4) is 6.07 Å². The van der Waals surface area contributed by atoms with Gasteiger partial charge >= 0.3 is 0 Å². The summed E-state index contributed by atoms with van der Waals surface area (Å²) in [6.07, 6.45) is 0. The summed E-state index contributed by atoms with van der Waals surface area (Å²) in [5.41, 5.74) is -1.62. The van der Waals surface area contributed by atoms with E-state index < -0.39 is 5.60 Å². The highest BCUT2D eigenvalue weighted by atomic mass is 16.3. The molecule has 0 bridgehead atoms. The van der Waals surface area contributed by atoms with Gasteiger partial charge in [0.05, 0.1) is 6.07 Å². The molecule has 0 spiro atoms. The minimum absolute atomic E-state index is 0.255. The highest BCUT2D eigenvalue weighted by Gasteiger charge is 2.78. The molecular weight excluding hydrogens is 126 g/mol. The first-order valence-electron chi connectivity index (χ1n) is 3.45. The van der Waals surface area contributed by atoms with Crippen LogP contribution in [0.25, 0.3) is 0 Å². The predicted octanol–water partition coefficient (Wildman–Crippen LogP) is 1.31. The first-order valence-corrected chi connectivity index (χ1v) is 3.45. The summed E-state index contributed by atoms with van der Waals surface area (Å²) >= 11 is 0. The largest absolute Gasteiger partial charge is 0.374 e. The maximum absolute atomic E-state index is 9.63. The summed E-state index contributed by atoms with van der Waals surface area (Å²) in [7, 11) is 0. The SMILES string of the molecule is CC1(C)C(C)(C)C1(O)C#N. The van der Waals surface area contributed by atoms with E-state index in [4.69, 9.17) is 5.26 Å². The Morgan fingerprint density at radius 2 is 1.40 bits per heavy atom. The Kier molecular flexibility index (Phi) is 1.04. The van der Waals surface area contributed by atoms with Crippen LogP contribution in [0, 0.1) is 22.2 Å². The van der Waals surface area contributed by atoms with Gasteiger partial charge in [-0.05, 0) is 0 Å². The van der Waals surface area contributed by atoms with Gasteiger partial charge in [0.25, 0.3) is 0 Å². The number of rotatable bonds is 0. The molecule has 0 aromatic carbocycles. The Morgan fingerprint density at radius 1 is 1.10 bits per heavy atom. The van der Waals surface area contributed by atoms with Crippen LogP contribution in [-0.2, 0) is 0 Å². The molecule has 1 N–H and O–H groups in total. The lowest BCUT2D eigenvalue weighted by Crippen LogP contribution is -2.14. The molecule has 56 valence electrons. The summed E-state index contributed by atoms with van der Waals surface area (Å²) in [6, 6.07) is 1.95. The zero-order valence-electron chi connectivity index (χ0n) is 6.89. The van der Waals surface area contributed by atoms with Crippen molar-refractivity contribution < 1.29 is 5.11 Å². The van der Waals surface area contributed by atoms with E-state index in [9.17, 15) is 5.11 Å². The van der Waals surface area contributed by atoms with E-state index >= 15 is 0 Å². The minimum Gasteiger partial charge on any atom is -0.374 e. The lowest BCUT2D eigenvalue weighted by molar-refractivity contribution is 0.148. The van der Waals surface area contributed by atoms with Crippen LogP contribution >= 0.6 is 0 Å². The fourth-order valence-corrected chi connectivity index (χ4v) is 1.56. The lowest BCUT2D eigenvalue weighted by atomic mass is 10.0. The maximum atomic E-state index is 9.63. The number of aliphatic hydroxyl groups is 1. The molecular formula is C8H13NO. The smallest absolute Gasteiger partial charge is 0.162 e. The molecule has 1 saturated carbocycles. The zero-order valence-corrected chi connectivity index (χ0v) is 6.89. The van der Waals surface area contributed by atoms with E-state index in [-0.39, 0.29) is 10.8 Å². The molecule has 0 aromatic heterocycles. The third-order valence-electron chi connectivity index (χ3n) is 3.47. The first kappa shape index (κ1) is 7.56. The lowest BCUT2D eigenvalue weighted by Gasteiger charge is -2.01. The Labute approximate surface area is 61.5 Å². The molecule has 0 radical (unpaired) electrons. The molecule has 1 aliphatic carbocycles. The van der Waals surface area contributed by atoms with Gasteiger partial charge in [0.2, 0.25) is 0 Å². The van der Waals surface area contributed by atoms with Gasteiger partial charge in [-0.1, -0.05) is 27.7 Å². The second-order valence-corrected chi connectivity index (χ2v) is 4.07. The topological polar surface area (TPSA) is 44.0 Å². The van der Waals surface area contributed by atoms with Crippen LogP contribution in [-0.4, -0.2) is 10.7 Å². The molecule has 0 unspecified atom stereocenters. The van der Waals surface area contributed by atoms with Gasteiger partial charge in [0, 0.05) is 10.8 Å². The van der Waals surface area contributed by atoms with Gasteiger partial charge in [0.1, 0.15) is 0 Å². The Bertz CT molecular complexity index is 196. The number of nitriles is 1. The molecule has 1 fully saturated rings. The predicted molar refractivity (Wildman–Crippen MR) is 38.1 cm³/mol. The van der Waals surface area contributed by atoms with E-state index in [1.165, 1.54) is 0 Å². The van der Waals surface area contributed by atoms with Crippen molar-refractivity contribution in [2.75, 3.05) is 0 Å². The summed E-state index contributed by atoms with van der Waals surface area (Å²) < 4.78 is 0. The molecule has 2 heteroatoms. The maximum Gasteiger partial charge on any atom is 0.162 e. The van der Waals surface area contributed by atoms with Crippen LogP contribution in [0.2, 0.25) is 0 Å². The van der Waals surface area contributed by atoms with E-state index in [1.54, 1.807) is 0 Å². The van der Waals surface area contributed by atoms with Crippen LogP contribution in [0.5, 0.6) is 0 Å².